The summed E-state index contributed by atoms with van der Waals surface area (Å²) in [4.78, 5) is 10.3. The highest BCUT2D eigenvalue weighted by Crippen LogP contribution is 2.46. The minimum Gasteiger partial charge on any atom is -0.308 e. The van der Waals surface area contributed by atoms with Gasteiger partial charge in [0.1, 0.15) is 0 Å². The van der Waals surface area contributed by atoms with E-state index in [9.17, 15) is 36.9 Å². The molecule has 0 atom stereocenters. The summed E-state index contributed by atoms with van der Waals surface area (Å²) in [5.41, 5.74) is 6.03. The third-order valence-corrected chi connectivity index (χ3v) is 11.7. The predicted octanol–water partition coefficient (Wildman–Crippen LogP) is 15.4. The van der Waals surface area contributed by atoms with Gasteiger partial charge in [-0.25, -0.2) is 9.97 Å². The zero-order chi connectivity index (χ0) is 46.5. The summed E-state index contributed by atoms with van der Waals surface area (Å²) in [7, 11) is 0. The molecule has 0 aliphatic carbocycles. The zero-order valence-corrected chi connectivity index (χ0v) is 34.9. The Balaban J connectivity index is 1.31. The third-order valence-electron chi connectivity index (χ3n) is 11.7. The van der Waals surface area contributed by atoms with Crippen LogP contribution in [0.25, 0.3) is 94.8 Å². The van der Waals surface area contributed by atoms with Crippen LogP contribution in [0.15, 0.2) is 188 Å². The summed E-state index contributed by atoms with van der Waals surface area (Å²) >= 11 is 0. The first-order chi connectivity index (χ1) is 32.4. The van der Waals surface area contributed by atoms with E-state index in [-0.39, 0.29) is 17.2 Å². The van der Waals surface area contributed by atoms with E-state index in [2.05, 4.69) is 12.1 Å². The van der Waals surface area contributed by atoms with E-state index in [1.54, 1.807) is 48.5 Å². The zero-order valence-electron chi connectivity index (χ0n) is 34.9. The smallest absolute Gasteiger partial charge is 0.308 e. The molecule has 67 heavy (non-hydrogen) atoms. The number of para-hydroxylation sites is 1. The molecule has 0 aliphatic heterocycles. The first-order valence-electron chi connectivity index (χ1n) is 20.9. The summed E-state index contributed by atoms with van der Waals surface area (Å²) in [5.74, 6) is 0.397. The number of benzene rings is 8. The van der Waals surface area contributed by atoms with Crippen molar-refractivity contribution in [1.29, 1.82) is 10.5 Å². The average molecular weight is 888 g/mol. The number of alkyl halides is 6. The molecule has 0 aliphatic rings. The van der Waals surface area contributed by atoms with Crippen LogP contribution >= 0.6 is 0 Å². The molecule has 2 heterocycles. The molecule has 2 aromatic heterocycles. The molecule has 0 saturated heterocycles. The van der Waals surface area contributed by atoms with E-state index in [1.807, 2.05) is 120 Å². The van der Waals surface area contributed by atoms with Gasteiger partial charge < -0.3 is 4.57 Å². The van der Waals surface area contributed by atoms with Crippen molar-refractivity contribution in [2.45, 2.75) is 12.4 Å². The lowest BCUT2D eigenvalue weighted by Crippen LogP contribution is -2.11. The second-order valence-electron chi connectivity index (χ2n) is 15.9. The molecule has 0 saturated carbocycles. The van der Waals surface area contributed by atoms with Gasteiger partial charge in [-0.2, -0.15) is 36.9 Å². The Morgan fingerprint density at radius 2 is 0.881 bits per heavy atom. The minimum absolute atomic E-state index is 0.120. The summed E-state index contributed by atoms with van der Waals surface area (Å²) in [6, 6.07) is 57.9. The summed E-state index contributed by atoms with van der Waals surface area (Å²) < 4.78 is 86.4. The highest BCUT2D eigenvalue weighted by Gasteiger charge is 2.37. The van der Waals surface area contributed by atoms with E-state index in [0.29, 0.717) is 83.6 Å². The molecule has 5 nitrogen and oxygen atoms in total. The standard InChI is InChI=1S/C56H31F6N5/c57-55(58,59)43-25-41(26-44(30-43)56(60,61)62)38-21-22-52-48(27-38)45-19-7-8-20-51(45)67(52)53-46(39-17-9-11-34(23-39)32-63)28-42(29-47(53)40-18-10-12-35(24-40)33-64)54-65-49(36-13-3-1-4-14-36)31-50(66-54)37-15-5-2-6-16-37/h1-31H. The topological polar surface area (TPSA) is 78.3 Å². The van der Waals surface area contributed by atoms with Crippen LogP contribution in [0.4, 0.5) is 26.3 Å². The molecule has 10 aromatic rings. The fourth-order valence-electron chi connectivity index (χ4n) is 8.56. The van der Waals surface area contributed by atoms with E-state index in [4.69, 9.17) is 9.97 Å². The van der Waals surface area contributed by atoms with Gasteiger partial charge in [0.05, 0.1) is 62.5 Å². The van der Waals surface area contributed by atoms with E-state index in [1.165, 1.54) is 6.07 Å². The minimum atomic E-state index is -5.03. The number of aromatic nitrogens is 3. The third kappa shape index (κ3) is 8.04. The number of hydrogen-bond acceptors (Lipinski definition) is 4. The van der Waals surface area contributed by atoms with E-state index >= 15 is 0 Å². The number of fused-ring (bicyclic) bond motifs is 3. The van der Waals surface area contributed by atoms with Crippen molar-refractivity contribution in [1.82, 2.24) is 14.5 Å². The predicted molar refractivity (Wildman–Crippen MR) is 248 cm³/mol. The van der Waals surface area contributed by atoms with Crippen molar-refractivity contribution in [3.8, 4) is 85.1 Å². The monoisotopic (exact) mass is 887 g/mol. The van der Waals surface area contributed by atoms with Crippen LogP contribution in [0, 0.1) is 22.7 Å². The van der Waals surface area contributed by atoms with Crippen molar-refractivity contribution in [3.63, 3.8) is 0 Å². The Bertz CT molecular complexity index is 3470. The lowest BCUT2D eigenvalue weighted by molar-refractivity contribution is -0.143. The number of halogens is 6. The molecule has 0 spiro atoms. The van der Waals surface area contributed by atoms with Crippen LogP contribution in [0.3, 0.4) is 0 Å². The number of nitriles is 2. The molecule has 0 N–H and O–H groups in total. The Kier molecular flexibility index (Phi) is 10.5. The second kappa shape index (κ2) is 16.6. The van der Waals surface area contributed by atoms with Gasteiger partial charge >= 0.3 is 12.4 Å². The van der Waals surface area contributed by atoms with Gasteiger partial charge in [-0.3, -0.25) is 0 Å². The largest absolute Gasteiger partial charge is 0.416 e. The molecular weight excluding hydrogens is 857 g/mol. The number of rotatable bonds is 7. The van der Waals surface area contributed by atoms with Gasteiger partial charge in [-0.15, -0.1) is 0 Å². The molecule has 0 unspecified atom stereocenters. The SMILES string of the molecule is N#Cc1cccc(-c2cc(-c3nc(-c4ccccc4)cc(-c4ccccc4)n3)cc(-c3cccc(C#N)c3)c2-n2c3ccccc3c3cc(-c4cc(C(F)(F)F)cc(C(F)(F)F)c4)ccc32)c1. The summed E-state index contributed by atoms with van der Waals surface area (Å²) in [6.07, 6.45) is -10.1. The average Bonchev–Trinajstić information content (AvgIpc) is 3.69. The molecular formula is C56H31F6N5. The fourth-order valence-corrected chi connectivity index (χ4v) is 8.56. The summed E-state index contributed by atoms with van der Waals surface area (Å²) in [5, 5.41) is 21.5. The lowest BCUT2D eigenvalue weighted by Gasteiger charge is -2.21. The Morgan fingerprint density at radius 1 is 0.388 bits per heavy atom. The quantitative estimate of drug-likeness (QED) is 0.149. The van der Waals surface area contributed by atoms with E-state index < -0.39 is 23.5 Å². The Morgan fingerprint density at radius 3 is 1.40 bits per heavy atom. The van der Waals surface area contributed by atoms with Crippen LogP contribution < -0.4 is 0 Å². The van der Waals surface area contributed by atoms with Gasteiger partial charge in [0, 0.05) is 38.6 Å². The van der Waals surface area contributed by atoms with Crippen molar-refractivity contribution in [2.24, 2.45) is 0 Å². The van der Waals surface area contributed by atoms with Crippen LogP contribution in [-0.2, 0) is 12.4 Å². The Hall–Kier alpha value is -8.80. The van der Waals surface area contributed by atoms with Crippen molar-refractivity contribution in [3.05, 3.63) is 210 Å². The molecule has 0 fully saturated rings. The highest BCUT2D eigenvalue weighted by atomic mass is 19.4. The van der Waals surface area contributed by atoms with Crippen molar-refractivity contribution in [2.75, 3.05) is 0 Å². The van der Waals surface area contributed by atoms with E-state index in [0.717, 1.165) is 23.3 Å². The maximum atomic E-state index is 14.1. The number of nitrogens with zero attached hydrogens (tertiary/aromatic N) is 5. The molecule has 0 bridgehead atoms. The molecule has 0 radical (unpaired) electrons. The first-order valence-corrected chi connectivity index (χ1v) is 20.9. The van der Waals surface area contributed by atoms with Gasteiger partial charge in [-0.1, -0.05) is 109 Å². The van der Waals surface area contributed by atoms with Gasteiger partial charge in [0.15, 0.2) is 5.82 Å². The van der Waals surface area contributed by atoms with Crippen molar-refractivity contribution < 1.29 is 26.3 Å². The van der Waals surface area contributed by atoms with Crippen LogP contribution in [0.5, 0.6) is 0 Å². The second-order valence-corrected chi connectivity index (χ2v) is 15.9. The van der Waals surface area contributed by atoms with Crippen LogP contribution in [0.2, 0.25) is 0 Å². The Labute approximate surface area is 379 Å². The normalized spacial score (nSPS) is 11.7. The van der Waals surface area contributed by atoms with Crippen molar-refractivity contribution >= 4 is 21.8 Å². The maximum absolute atomic E-state index is 14.1. The lowest BCUT2D eigenvalue weighted by atomic mass is 9.91. The highest BCUT2D eigenvalue weighted by molar-refractivity contribution is 6.12. The molecule has 11 heteroatoms. The number of hydrogen-bond donors (Lipinski definition) is 0. The van der Waals surface area contributed by atoms with Crippen LogP contribution in [0.1, 0.15) is 22.3 Å². The maximum Gasteiger partial charge on any atom is 0.416 e. The first kappa shape index (κ1) is 42.2. The molecule has 10 rings (SSSR count). The van der Waals surface area contributed by atoms with Gasteiger partial charge in [-0.05, 0) is 101 Å². The molecule has 322 valence electrons. The van der Waals surface area contributed by atoms with Gasteiger partial charge in [0.2, 0.25) is 0 Å². The molecule has 8 aromatic carbocycles. The summed E-state index contributed by atoms with van der Waals surface area (Å²) in [6.45, 7) is 0. The molecule has 0 amide bonds. The van der Waals surface area contributed by atoms with Gasteiger partial charge in [0.25, 0.3) is 0 Å². The fraction of sp³-hybridized carbons (Fsp3) is 0.0357. The van der Waals surface area contributed by atoms with Crippen LogP contribution in [-0.4, -0.2) is 14.5 Å².